The molecule has 2 aromatic rings. The zero-order valence-electron chi connectivity index (χ0n) is 12.3. The molecule has 4 nitrogen and oxygen atoms in total. The first-order valence-corrected chi connectivity index (χ1v) is 6.64. The molecule has 2 aromatic carbocycles. The molecule has 24 heavy (non-hydrogen) atoms. The van der Waals surface area contributed by atoms with Crippen LogP contribution in [0.4, 0.5) is 23.2 Å². The van der Waals surface area contributed by atoms with Crippen molar-refractivity contribution in [2.45, 2.75) is 6.42 Å². The van der Waals surface area contributed by atoms with Gasteiger partial charge in [-0.05, 0) is 5.56 Å². The molecule has 0 aliphatic rings. The summed E-state index contributed by atoms with van der Waals surface area (Å²) >= 11 is 0. The smallest absolute Gasteiger partial charge is 0.344 e. The van der Waals surface area contributed by atoms with Crippen LogP contribution in [0.1, 0.15) is 15.9 Å². The van der Waals surface area contributed by atoms with Gasteiger partial charge >= 0.3 is 5.97 Å². The number of hydrogen-bond acceptors (Lipinski definition) is 3. The van der Waals surface area contributed by atoms with Crippen LogP contribution in [0.2, 0.25) is 0 Å². The summed E-state index contributed by atoms with van der Waals surface area (Å²) in [5.41, 5.74) is -2.28. The van der Waals surface area contributed by atoms with Gasteiger partial charge in [-0.2, -0.15) is 0 Å². The molecule has 0 unspecified atom stereocenters. The molecule has 0 aliphatic heterocycles. The van der Waals surface area contributed by atoms with Gasteiger partial charge < -0.3 is 10.1 Å². The van der Waals surface area contributed by atoms with Gasteiger partial charge in [0.25, 0.3) is 0 Å². The monoisotopic (exact) mass is 341 g/mol. The lowest BCUT2D eigenvalue weighted by Gasteiger charge is -2.12. The lowest BCUT2D eigenvalue weighted by Crippen LogP contribution is -2.20. The second-order valence-corrected chi connectivity index (χ2v) is 4.71. The van der Waals surface area contributed by atoms with Gasteiger partial charge in [0.15, 0.2) is 23.3 Å². The summed E-state index contributed by atoms with van der Waals surface area (Å²) in [6, 6.07) is 8.18. The van der Waals surface area contributed by atoms with Crippen LogP contribution in [0.5, 0.6) is 0 Å². The van der Waals surface area contributed by atoms with Crippen LogP contribution in [0.25, 0.3) is 0 Å². The van der Waals surface area contributed by atoms with Gasteiger partial charge in [0.1, 0.15) is 11.3 Å². The van der Waals surface area contributed by atoms with E-state index in [0.29, 0.717) is 5.56 Å². The average molecular weight is 341 g/mol. The van der Waals surface area contributed by atoms with E-state index in [-0.39, 0.29) is 6.42 Å². The van der Waals surface area contributed by atoms with Gasteiger partial charge in [-0.1, -0.05) is 30.3 Å². The lowest BCUT2D eigenvalue weighted by molar-refractivity contribution is -0.115. The van der Waals surface area contributed by atoms with Crippen molar-refractivity contribution in [1.82, 2.24) is 0 Å². The number of hydrogen-bond donors (Lipinski definition) is 1. The van der Waals surface area contributed by atoms with E-state index >= 15 is 0 Å². The third-order valence-corrected chi connectivity index (χ3v) is 3.12. The second-order valence-electron chi connectivity index (χ2n) is 4.71. The molecule has 0 saturated carbocycles. The van der Waals surface area contributed by atoms with E-state index in [1.54, 1.807) is 35.6 Å². The fraction of sp³-hybridized carbons (Fsp3) is 0.125. The van der Waals surface area contributed by atoms with Crippen LogP contribution >= 0.6 is 0 Å². The summed E-state index contributed by atoms with van der Waals surface area (Å²) in [7, 11) is 0.798. The van der Waals surface area contributed by atoms with Gasteiger partial charge in [0.2, 0.25) is 5.91 Å². The lowest BCUT2D eigenvalue weighted by atomic mass is 10.1. The highest BCUT2D eigenvalue weighted by molar-refractivity contribution is 5.94. The molecule has 0 saturated heterocycles. The number of benzene rings is 2. The Hall–Kier alpha value is -2.90. The van der Waals surface area contributed by atoms with Crippen LogP contribution < -0.4 is 5.32 Å². The summed E-state index contributed by atoms with van der Waals surface area (Å²) in [5.74, 6) is -10.1. The number of esters is 1. The summed E-state index contributed by atoms with van der Waals surface area (Å²) < 4.78 is 59.4. The van der Waals surface area contributed by atoms with Gasteiger partial charge in [-0.25, -0.2) is 22.4 Å². The van der Waals surface area contributed by atoms with Crippen molar-refractivity contribution in [3.8, 4) is 0 Å². The number of nitrogens with one attached hydrogen (secondary N) is 1. The molecular formula is C16H11F4NO3. The molecule has 1 amide bonds. The van der Waals surface area contributed by atoms with Gasteiger partial charge in [0, 0.05) is 0 Å². The third-order valence-electron chi connectivity index (χ3n) is 3.12. The summed E-state index contributed by atoms with van der Waals surface area (Å²) in [6.07, 6.45) is -0.262. The van der Waals surface area contributed by atoms with Crippen LogP contribution in [-0.4, -0.2) is 19.0 Å². The largest absolute Gasteiger partial charge is 0.465 e. The van der Waals surface area contributed by atoms with Crippen molar-refractivity contribution >= 4 is 17.6 Å². The molecule has 0 aliphatic carbocycles. The maximum atomic E-state index is 13.9. The number of anilines is 1. The third kappa shape index (κ3) is 3.37. The van der Waals surface area contributed by atoms with E-state index in [2.05, 4.69) is 4.74 Å². The second kappa shape index (κ2) is 7.12. The topological polar surface area (TPSA) is 55.4 Å². The maximum Gasteiger partial charge on any atom is 0.344 e. The van der Waals surface area contributed by atoms with E-state index in [1.165, 1.54) is 0 Å². The number of carbonyl (C=O) groups is 2. The molecule has 0 aromatic heterocycles. The molecule has 0 spiro atoms. The average Bonchev–Trinajstić information content (AvgIpc) is 2.57. The van der Waals surface area contributed by atoms with Gasteiger partial charge in [-0.15, -0.1) is 0 Å². The molecule has 1 N–H and O–H groups in total. The molecule has 0 heterocycles. The Morgan fingerprint density at radius 2 is 1.50 bits per heavy atom. The molecule has 0 bridgehead atoms. The quantitative estimate of drug-likeness (QED) is 0.528. The highest BCUT2D eigenvalue weighted by atomic mass is 19.2. The van der Waals surface area contributed by atoms with Crippen molar-refractivity contribution in [3.63, 3.8) is 0 Å². The molecular weight excluding hydrogens is 330 g/mol. The molecule has 126 valence electrons. The Kier molecular flexibility index (Phi) is 5.18. The first-order valence-electron chi connectivity index (χ1n) is 6.64. The number of methoxy groups -OCH3 is 1. The molecule has 8 heteroatoms. The Labute approximate surface area is 134 Å². The van der Waals surface area contributed by atoms with Gasteiger partial charge in [-0.3, -0.25) is 4.79 Å². The maximum absolute atomic E-state index is 13.9. The zero-order valence-corrected chi connectivity index (χ0v) is 12.3. The predicted octanol–water partition coefficient (Wildman–Crippen LogP) is 3.21. The van der Waals surface area contributed by atoms with Crippen LogP contribution in [0.3, 0.4) is 0 Å². The number of rotatable bonds is 4. The van der Waals surface area contributed by atoms with Gasteiger partial charge in [0.05, 0.1) is 13.5 Å². The fourth-order valence-corrected chi connectivity index (χ4v) is 1.99. The summed E-state index contributed by atoms with van der Waals surface area (Å²) in [6.45, 7) is 0. The summed E-state index contributed by atoms with van der Waals surface area (Å²) in [4.78, 5) is 23.0. The van der Waals surface area contributed by atoms with Crippen molar-refractivity contribution in [3.05, 3.63) is 64.7 Å². The molecule has 0 radical (unpaired) electrons. The number of halogens is 4. The van der Waals surface area contributed by atoms with Crippen LogP contribution in [-0.2, 0) is 16.0 Å². The Bertz CT molecular complexity index is 765. The zero-order chi connectivity index (χ0) is 17.9. The number of amides is 1. The molecule has 0 atom stereocenters. The minimum absolute atomic E-state index is 0.262. The van der Waals surface area contributed by atoms with Crippen LogP contribution in [0.15, 0.2) is 30.3 Å². The minimum Gasteiger partial charge on any atom is -0.465 e. The van der Waals surface area contributed by atoms with Crippen molar-refractivity contribution in [2.24, 2.45) is 0 Å². The highest BCUT2D eigenvalue weighted by Crippen LogP contribution is 2.28. The number of ether oxygens (including phenoxy) is 1. The predicted molar refractivity (Wildman–Crippen MR) is 76.4 cm³/mol. The first-order chi connectivity index (χ1) is 11.4. The standard InChI is InChI=1S/C16H11F4NO3/c1-24-16(23)10-11(17)13(19)15(14(20)12(10)18)21-9(22)7-8-5-3-2-4-6-8/h2-6H,7H2,1H3,(H,21,22). The molecule has 0 fully saturated rings. The van der Waals surface area contributed by atoms with E-state index in [9.17, 15) is 27.2 Å². The Morgan fingerprint density at radius 3 is 2.00 bits per heavy atom. The minimum atomic E-state index is -1.95. The van der Waals surface area contributed by atoms with E-state index < -0.39 is 46.4 Å². The summed E-state index contributed by atoms with van der Waals surface area (Å²) in [5, 5.41) is 1.77. The molecule has 2 rings (SSSR count). The SMILES string of the molecule is COC(=O)c1c(F)c(F)c(NC(=O)Cc2ccccc2)c(F)c1F. The first kappa shape index (κ1) is 17.5. The van der Waals surface area contributed by atoms with Crippen LogP contribution in [0, 0.1) is 23.3 Å². The highest BCUT2D eigenvalue weighted by Gasteiger charge is 2.30. The number of carbonyl (C=O) groups excluding carboxylic acids is 2. The van der Waals surface area contributed by atoms with E-state index in [4.69, 9.17) is 0 Å². The van der Waals surface area contributed by atoms with E-state index in [1.807, 2.05) is 0 Å². The fourth-order valence-electron chi connectivity index (χ4n) is 1.99. The van der Waals surface area contributed by atoms with E-state index in [0.717, 1.165) is 7.11 Å². The van der Waals surface area contributed by atoms with Crippen molar-refractivity contribution in [1.29, 1.82) is 0 Å². The Balaban J connectivity index is 2.34. The van der Waals surface area contributed by atoms with Crippen molar-refractivity contribution < 1.29 is 31.9 Å². The van der Waals surface area contributed by atoms with Crippen molar-refractivity contribution in [2.75, 3.05) is 12.4 Å². The normalized spacial score (nSPS) is 10.4. The Morgan fingerprint density at radius 1 is 0.958 bits per heavy atom.